The van der Waals surface area contributed by atoms with Gasteiger partial charge in [-0.05, 0) is 45.6 Å². The fraction of sp³-hybridized carbons (Fsp3) is 0.562. The van der Waals surface area contributed by atoms with Crippen molar-refractivity contribution < 1.29 is 4.79 Å². The molecule has 7 nitrogen and oxygen atoms in total. The Morgan fingerprint density at radius 1 is 1.33 bits per heavy atom. The van der Waals surface area contributed by atoms with Crippen molar-refractivity contribution in [1.29, 1.82) is 0 Å². The van der Waals surface area contributed by atoms with Crippen LogP contribution in [0.3, 0.4) is 0 Å². The number of carbonyl (C=O) groups excluding carboxylic acids is 1. The van der Waals surface area contributed by atoms with Crippen molar-refractivity contribution in [2.45, 2.75) is 51.6 Å². The standard InChI is InChI=1S/C16H24N6O.ClH/c1-9-15(10(2)22(3)21-9)13-8-14(20-19-13)16(23)18-12-6-4-11(17)5-7-12;/h8,11-12H,4-7,17H2,1-3H3,(H,18,23)(H,19,20);1H. The van der Waals surface area contributed by atoms with E-state index in [1.165, 1.54) is 0 Å². The molecular formula is C16H25ClN6O. The highest BCUT2D eigenvalue weighted by molar-refractivity contribution is 5.93. The van der Waals surface area contributed by atoms with Crippen LogP contribution in [-0.4, -0.2) is 38.0 Å². The van der Waals surface area contributed by atoms with Crippen LogP contribution in [-0.2, 0) is 7.05 Å². The van der Waals surface area contributed by atoms with Gasteiger partial charge in [-0.3, -0.25) is 14.6 Å². The molecule has 0 unspecified atom stereocenters. The number of nitrogens with two attached hydrogens (primary N) is 1. The molecule has 1 saturated carbocycles. The van der Waals surface area contributed by atoms with E-state index in [-0.39, 0.29) is 30.4 Å². The van der Waals surface area contributed by atoms with E-state index in [1.807, 2.05) is 25.6 Å². The molecule has 1 fully saturated rings. The van der Waals surface area contributed by atoms with E-state index in [4.69, 9.17) is 5.73 Å². The molecule has 2 aromatic rings. The second-order valence-corrected chi connectivity index (χ2v) is 6.42. The number of aromatic nitrogens is 4. The Hall–Kier alpha value is -1.86. The highest BCUT2D eigenvalue weighted by Gasteiger charge is 2.22. The summed E-state index contributed by atoms with van der Waals surface area (Å²) in [6.45, 7) is 3.94. The molecule has 0 saturated heterocycles. The fourth-order valence-corrected chi connectivity index (χ4v) is 3.24. The number of nitrogens with one attached hydrogen (secondary N) is 2. The first-order valence-electron chi connectivity index (χ1n) is 8.08. The summed E-state index contributed by atoms with van der Waals surface area (Å²) in [5.74, 6) is -0.108. The number of hydrogen-bond acceptors (Lipinski definition) is 4. The number of H-pyrrole nitrogens is 1. The molecule has 0 bridgehead atoms. The molecule has 1 aliphatic carbocycles. The van der Waals surface area contributed by atoms with Crippen LogP contribution in [0.2, 0.25) is 0 Å². The highest BCUT2D eigenvalue weighted by Crippen LogP contribution is 2.25. The van der Waals surface area contributed by atoms with Crippen LogP contribution < -0.4 is 11.1 Å². The normalized spacial score (nSPS) is 20.5. The van der Waals surface area contributed by atoms with Crippen molar-refractivity contribution in [1.82, 2.24) is 25.3 Å². The van der Waals surface area contributed by atoms with Gasteiger partial charge in [0.15, 0.2) is 0 Å². The van der Waals surface area contributed by atoms with Gasteiger partial charge in [-0.25, -0.2) is 0 Å². The molecule has 0 aromatic carbocycles. The van der Waals surface area contributed by atoms with Crippen LogP contribution in [0.15, 0.2) is 6.07 Å². The SMILES string of the molecule is Cc1nn(C)c(C)c1-c1cc(C(=O)NC2CCC(N)CC2)[nH]n1.Cl. The van der Waals surface area contributed by atoms with Gasteiger partial charge < -0.3 is 11.1 Å². The van der Waals surface area contributed by atoms with Gasteiger partial charge in [0.2, 0.25) is 0 Å². The number of hydrogen-bond donors (Lipinski definition) is 3. The van der Waals surface area contributed by atoms with Crippen LogP contribution >= 0.6 is 12.4 Å². The number of carbonyl (C=O) groups is 1. The van der Waals surface area contributed by atoms with E-state index in [0.29, 0.717) is 5.69 Å². The largest absolute Gasteiger partial charge is 0.348 e. The summed E-state index contributed by atoms with van der Waals surface area (Å²) in [7, 11) is 1.90. The fourth-order valence-electron chi connectivity index (χ4n) is 3.24. The number of amides is 1. The van der Waals surface area contributed by atoms with Gasteiger partial charge in [0, 0.05) is 30.4 Å². The number of nitrogens with zero attached hydrogens (tertiary/aromatic N) is 3. The number of rotatable bonds is 3. The average Bonchev–Trinajstić information content (AvgIpc) is 3.07. The Labute approximate surface area is 147 Å². The molecule has 132 valence electrons. The van der Waals surface area contributed by atoms with Crippen molar-refractivity contribution in [3.05, 3.63) is 23.1 Å². The lowest BCUT2D eigenvalue weighted by atomic mass is 9.92. The number of aromatic amines is 1. The minimum Gasteiger partial charge on any atom is -0.348 e. The summed E-state index contributed by atoms with van der Waals surface area (Å²) >= 11 is 0. The zero-order chi connectivity index (χ0) is 16.6. The highest BCUT2D eigenvalue weighted by atomic mass is 35.5. The maximum absolute atomic E-state index is 12.4. The average molecular weight is 353 g/mol. The molecular weight excluding hydrogens is 328 g/mol. The molecule has 24 heavy (non-hydrogen) atoms. The third-order valence-corrected chi connectivity index (χ3v) is 4.69. The van der Waals surface area contributed by atoms with Crippen molar-refractivity contribution in [3.63, 3.8) is 0 Å². The number of aryl methyl sites for hydroxylation is 2. The Bertz CT molecular complexity index is 714. The molecule has 3 rings (SSSR count). The van der Waals surface area contributed by atoms with Crippen molar-refractivity contribution in [3.8, 4) is 11.3 Å². The van der Waals surface area contributed by atoms with Crippen LogP contribution in [0.4, 0.5) is 0 Å². The first kappa shape index (κ1) is 18.5. The smallest absolute Gasteiger partial charge is 0.269 e. The van der Waals surface area contributed by atoms with Gasteiger partial charge in [-0.2, -0.15) is 10.2 Å². The van der Waals surface area contributed by atoms with Gasteiger partial charge in [0.05, 0.1) is 11.4 Å². The Morgan fingerprint density at radius 2 is 2.00 bits per heavy atom. The third-order valence-electron chi connectivity index (χ3n) is 4.69. The molecule has 1 amide bonds. The molecule has 1 aliphatic rings. The second kappa shape index (κ2) is 7.36. The minimum absolute atomic E-state index is 0. The van der Waals surface area contributed by atoms with Gasteiger partial charge in [0.25, 0.3) is 5.91 Å². The van der Waals surface area contributed by atoms with E-state index in [9.17, 15) is 4.79 Å². The topological polar surface area (TPSA) is 102 Å². The van der Waals surface area contributed by atoms with Crippen LogP contribution in [0, 0.1) is 13.8 Å². The molecule has 0 atom stereocenters. The second-order valence-electron chi connectivity index (χ2n) is 6.42. The quantitative estimate of drug-likeness (QED) is 0.784. The Morgan fingerprint density at radius 3 is 2.58 bits per heavy atom. The predicted molar refractivity (Wildman–Crippen MR) is 95.2 cm³/mol. The molecule has 0 radical (unpaired) electrons. The summed E-state index contributed by atoms with van der Waals surface area (Å²) in [5.41, 5.74) is 10.1. The van der Waals surface area contributed by atoms with Crippen LogP contribution in [0.25, 0.3) is 11.3 Å². The van der Waals surface area contributed by atoms with Crippen molar-refractivity contribution >= 4 is 18.3 Å². The molecule has 0 spiro atoms. The molecule has 4 N–H and O–H groups in total. The first-order chi connectivity index (χ1) is 11.0. The molecule has 8 heteroatoms. The van der Waals surface area contributed by atoms with Crippen LogP contribution in [0.5, 0.6) is 0 Å². The van der Waals surface area contributed by atoms with Gasteiger partial charge >= 0.3 is 0 Å². The summed E-state index contributed by atoms with van der Waals surface area (Å²) in [6, 6.07) is 2.27. The lowest BCUT2D eigenvalue weighted by Gasteiger charge is -2.26. The number of halogens is 1. The van der Waals surface area contributed by atoms with Crippen LogP contribution in [0.1, 0.15) is 47.6 Å². The summed E-state index contributed by atoms with van der Waals surface area (Å²) < 4.78 is 1.82. The lowest BCUT2D eigenvalue weighted by molar-refractivity contribution is 0.0921. The third kappa shape index (κ3) is 3.62. The summed E-state index contributed by atoms with van der Waals surface area (Å²) in [5, 5.41) is 14.6. The Kier molecular flexibility index (Phi) is 5.66. The Balaban J connectivity index is 0.00000208. The van der Waals surface area contributed by atoms with Gasteiger partial charge in [-0.15, -0.1) is 12.4 Å². The van der Waals surface area contributed by atoms with E-state index in [1.54, 1.807) is 6.07 Å². The van der Waals surface area contributed by atoms with E-state index in [2.05, 4.69) is 20.6 Å². The molecule has 2 aromatic heterocycles. The predicted octanol–water partition coefficient (Wildman–Crippen LogP) is 1.85. The van der Waals surface area contributed by atoms with Gasteiger partial charge in [0.1, 0.15) is 5.69 Å². The maximum atomic E-state index is 12.4. The maximum Gasteiger partial charge on any atom is 0.269 e. The zero-order valence-corrected chi connectivity index (χ0v) is 15.1. The first-order valence-corrected chi connectivity index (χ1v) is 8.08. The van der Waals surface area contributed by atoms with E-state index >= 15 is 0 Å². The zero-order valence-electron chi connectivity index (χ0n) is 14.3. The summed E-state index contributed by atoms with van der Waals surface area (Å²) in [4.78, 5) is 12.4. The summed E-state index contributed by atoms with van der Waals surface area (Å²) in [6.07, 6.45) is 3.81. The minimum atomic E-state index is -0.108. The van der Waals surface area contributed by atoms with E-state index in [0.717, 1.165) is 48.3 Å². The van der Waals surface area contributed by atoms with Crippen molar-refractivity contribution in [2.24, 2.45) is 12.8 Å². The van der Waals surface area contributed by atoms with Crippen molar-refractivity contribution in [2.75, 3.05) is 0 Å². The van der Waals surface area contributed by atoms with E-state index < -0.39 is 0 Å². The lowest BCUT2D eigenvalue weighted by Crippen LogP contribution is -2.40. The monoisotopic (exact) mass is 352 g/mol. The molecule has 2 heterocycles. The van der Waals surface area contributed by atoms with Gasteiger partial charge in [-0.1, -0.05) is 0 Å². The molecule has 0 aliphatic heterocycles.